The van der Waals surface area contributed by atoms with Gasteiger partial charge in [0.1, 0.15) is 16.7 Å². The molecule has 0 saturated heterocycles. The van der Waals surface area contributed by atoms with Gasteiger partial charge in [-0.15, -0.1) is 10.2 Å². The lowest BCUT2D eigenvalue weighted by Crippen LogP contribution is -1.98. The summed E-state index contributed by atoms with van der Waals surface area (Å²) >= 11 is 12.0. The van der Waals surface area contributed by atoms with Crippen LogP contribution < -0.4 is 0 Å². The molecule has 0 unspecified atom stereocenters. The first-order valence-corrected chi connectivity index (χ1v) is 6.41. The molecule has 0 aliphatic carbocycles. The van der Waals surface area contributed by atoms with Crippen molar-refractivity contribution < 1.29 is 4.92 Å². The zero-order valence-electron chi connectivity index (χ0n) is 10.2. The van der Waals surface area contributed by atoms with E-state index in [1.807, 2.05) is 0 Å². The summed E-state index contributed by atoms with van der Waals surface area (Å²) in [6.45, 7) is 0. The molecule has 0 radical (unpaired) electrons. The van der Waals surface area contributed by atoms with Gasteiger partial charge in [0.25, 0.3) is 5.69 Å². The van der Waals surface area contributed by atoms with Crippen LogP contribution in [0.5, 0.6) is 0 Å². The second-order valence-corrected chi connectivity index (χ2v) is 4.83. The highest BCUT2D eigenvalue weighted by atomic mass is 35.5. The highest BCUT2D eigenvalue weighted by Gasteiger charge is 2.14. The van der Waals surface area contributed by atoms with Crippen molar-refractivity contribution in [3.8, 4) is 11.5 Å². The Morgan fingerprint density at radius 3 is 2.48 bits per heavy atom. The Morgan fingerprint density at radius 1 is 1.05 bits per heavy atom. The average Bonchev–Trinajstić information content (AvgIpc) is 2.51. The van der Waals surface area contributed by atoms with E-state index in [0.29, 0.717) is 21.1 Å². The summed E-state index contributed by atoms with van der Waals surface area (Å²) < 4.78 is 0. The number of pyridine rings is 1. The maximum atomic E-state index is 10.8. The minimum atomic E-state index is -0.524. The summed E-state index contributed by atoms with van der Waals surface area (Å²) in [4.78, 5) is 18.5. The number of nitro groups is 1. The highest BCUT2D eigenvalue weighted by Crippen LogP contribution is 2.28. The number of nitrogens with zero attached hydrogens (tertiary/aromatic N) is 5. The van der Waals surface area contributed by atoms with Gasteiger partial charge in [-0.1, -0.05) is 23.2 Å². The van der Waals surface area contributed by atoms with Crippen LogP contribution in [-0.4, -0.2) is 25.1 Å². The number of benzene rings is 1. The Balaban J connectivity index is 2.20. The van der Waals surface area contributed by atoms with Crippen LogP contribution in [0.4, 0.5) is 5.69 Å². The molecule has 0 saturated carbocycles. The monoisotopic (exact) mass is 321 g/mol. The van der Waals surface area contributed by atoms with Crippen LogP contribution in [0.1, 0.15) is 0 Å². The van der Waals surface area contributed by atoms with E-state index in [-0.39, 0.29) is 17.2 Å². The Bertz CT molecular complexity index is 871. The minimum absolute atomic E-state index is 0.110. The van der Waals surface area contributed by atoms with Gasteiger partial charge in [-0.3, -0.25) is 15.1 Å². The van der Waals surface area contributed by atoms with E-state index >= 15 is 0 Å². The van der Waals surface area contributed by atoms with Gasteiger partial charge in [-0.2, -0.15) is 0 Å². The smallest absolute Gasteiger partial charge is 0.258 e. The van der Waals surface area contributed by atoms with Gasteiger partial charge >= 0.3 is 0 Å². The van der Waals surface area contributed by atoms with Crippen LogP contribution in [0.3, 0.4) is 0 Å². The van der Waals surface area contributed by atoms with Crippen molar-refractivity contribution in [2.75, 3.05) is 0 Å². The molecule has 0 amide bonds. The molecule has 2 heterocycles. The predicted molar refractivity (Wildman–Crippen MR) is 77.2 cm³/mol. The van der Waals surface area contributed by atoms with Crippen molar-refractivity contribution in [2.24, 2.45) is 0 Å². The molecule has 0 aliphatic heterocycles. The standard InChI is InChI=1S/C12H5Cl2N5O2/c13-7-1-2-8(14)11-10(7)16-12(18-17-11)9-5-6(19(20)21)3-4-15-9/h1-5H. The Kier molecular flexibility index (Phi) is 3.36. The molecule has 3 aromatic rings. The fraction of sp³-hybridized carbons (Fsp3) is 0. The summed E-state index contributed by atoms with van der Waals surface area (Å²) in [5.74, 6) is 0.135. The number of halogens is 2. The summed E-state index contributed by atoms with van der Waals surface area (Å²) in [6, 6.07) is 5.72. The van der Waals surface area contributed by atoms with Gasteiger partial charge in [0.15, 0.2) is 0 Å². The number of rotatable bonds is 2. The summed E-state index contributed by atoms with van der Waals surface area (Å²) in [6.07, 6.45) is 1.31. The lowest BCUT2D eigenvalue weighted by Gasteiger charge is -2.03. The van der Waals surface area contributed by atoms with E-state index in [1.165, 1.54) is 18.3 Å². The lowest BCUT2D eigenvalue weighted by molar-refractivity contribution is -0.384. The molecule has 0 spiro atoms. The van der Waals surface area contributed by atoms with E-state index in [0.717, 1.165) is 0 Å². The van der Waals surface area contributed by atoms with E-state index < -0.39 is 4.92 Å². The van der Waals surface area contributed by atoms with Crippen LogP contribution in [-0.2, 0) is 0 Å². The quantitative estimate of drug-likeness (QED) is 0.530. The first-order chi connectivity index (χ1) is 10.1. The first-order valence-electron chi connectivity index (χ1n) is 5.65. The zero-order valence-corrected chi connectivity index (χ0v) is 11.7. The molecule has 7 nitrogen and oxygen atoms in total. The van der Waals surface area contributed by atoms with Gasteiger partial charge in [0, 0.05) is 18.3 Å². The molecule has 3 rings (SSSR count). The van der Waals surface area contributed by atoms with Crippen LogP contribution in [0.15, 0.2) is 30.5 Å². The third-order valence-electron chi connectivity index (χ3n) is 2.70. The third-order valence-corrected chi connectivity index (χ3v) is 3.31. The number of hydrogen-bond donors (Lipinski definition) is 0. The maximum absolute atomic E-state index is 10.8. The summed E-state index contributed by atoms with van der Waals surface area (Å²) in [7, 11) is 0. The molecule has 2 aromatic heterocycles. The molecule has 0 bridgehead atoms. The average molecular weight is 322 g/mol. The molecular weight excluding hydrogens is 317 g/mol. The second-order valence-electron chi connectivity index (χ2n) is 4.02. The van der Waals surface area contributed by atoms with Crippen molar-refractivity contribution in [1.29, 1.82) is 0 Å². The molecule has 0 N–H and O–H groups in total. The fourth-order valence-electron chi connectivity index (χ4n) is 1.72. The number of hydrogen-bond acceptors (Lipinski definition) is 6. The van der Waals surface area contributed by atoms with Crippen LogP contribution >= 0.6 is 23.2 Å². The predicted octanol–water partition coefficient (Wildman–Crippen LogP) is 3.30. The molecule has 9 heteroatoms. The van der Waals surface area contributed by atoms with Crippen molar-refractivity contribution in [3.05, 3.63) is 50.6 Å². The highest BCUT2D eigenvalue weighted by molar-refractivity contribution is 6.39. The normalized spacial score (nSPS) is 10.8. The maximum Gasteiger partial charge on any atom is 0.273 e. The van der Waals surface area contributed by atoms with Crippen molar-refractivity contribution >= 4 is 39.9 Å². The fourth-order valence-corrected chi connectivity index (χ4v) is 2.11. The molecule has 0 aliphatic rings. The van der Waals surface area contributed by atoms with E-state index in [9.17, 15) is 10.1 Å². The number of aromatic nitrogens is 4. The summed E-state index contributed by atoms with van der Waals surface area (Å²) in [5, 5.41) is 19.3. The van der Waals surface area contributed by atoms with E-state index in [1.54, 1.807) is 12.1 Å². The Morgan fingerprint density at radius 2 is 1.76 bits per heavy atom. The van der Waals surface area contributed by atoms with Crippen molar-refractivity contribution in [3.63, 3.8) is 0 Å². The minimum Gasteiger partial charge on any atom is -0.258 e. The molecule has 104 valence electrons. The van der Waals surface area contributed by atoms with Gasteiger partial charge in [-0.05, 0) is 12.1 Å². The van der Waals surface area contributed by atoms with Crippen LogP contribution in [0.25, 0.3) is 22.6 Å². The second kappa shape index (κ2) is 5.19. The van der Waals surface area contributed by atoms with Crippen LogP contribution in [0.2, 0.25) is 10.0 Å². The Hall–Kier alpha value is -2.38. The van der Waals surface area contributed by atoms with Gasteiger partial charge in [-0.25, -0.2) is 4.98 Å². The van der Waals surface area contributed by atoms with Crippen molar-refractivity contribution in [1.82, 2.24) is 20.2 Å². The first kappa shape index (κ1) is 13.6. The van der Waals surface area contributed by atoms with Crippen LogP contribution in [0, 0.1) is 10.1 Å². The number of fused-ring (bicyclic) bond motifs is 1. The zero-order chi connectivity index (χ0) is 15.0. The SMILES string of the molecule is O=[N+]([O-])c1ccnc(-c2nnc3c(Cl)ccc(Cl)c3n2)c1. The third kappa shape index (κ3) is 2.48. The van der Waals surface area contributed by atoms with E-state index in [2.05, 4.69) is 20.2 Å². The molecule has 0 atom stereocenters. The molecule has 21 heavy (non-hydrogen) atoms. The lowest BCUT2D eigenvalue weighted by atomic mass is 10.3. The summed E-state index contributed by atoms with van der Waals surface area (Å²) in [5.41, 5.74) is 0.844. The Labute approximate surface area is 127 Å². The largest absolute Gasteiger partial charge is 0.273 e. The van der Waals surface area contributed by atoms with E-state index in [4.69, 9.17) is 23.2 Å². The van der Waals surface area contributed by atoms with Gasteiger partial charge in [0.05, 0.1) is 15.0 Å². The molecular formula is C12H5Cl2N5O2. The van der Waals surface area contributed by atoms with Gasteiger partial charge in [0.2, 0.25) is 5.82 Å². The van der Waals surface area contributed by atoms with Crippen molar-refractivity contribution in [2.45, 2.75) is 0 Å². The topological polar surface area (TPSA) is 94.7 Å². The molecule has 1 aromatic carbocycles. The van der Waals surface area contributed by atoms with Gasteiger partial charge < -0.3 is 0 Å². The molecule has 0 fully saturated rings.